The van der Waals surface area contributed by atoms with Crippen LogP contribution in [0, 0.1) is 46.3 Å². The maximum absolute atomic E-state index is 12.6. The van der Waals surface area contributed by atoms with Crippen LogP contribution in [0.5, 0.6) is 0 Å². The van der Waals surface area contributed by atoms with E-state index in [0.29, 0.717) is 42.4 Å². The lowest BCUT2D eigenvalue weighted by Crippen LogP contribution is -2.65. The molecule has 0 aromatic heterocycles. The molecular weight excluding hydrogens is 418 g/mol. The average molecular weight is 464 g/mol. The van der Waals surface area contributed by atoms with Crippen LogP contribution in [0.15, 0.2) is 0 Å². The molecule has 4 saturated carbocycles. The van der Waals surface area contributed by atoms with Gasteiger partial charge in [-0.3, -0.25) is 4.79 Å². The zero-order chi connectivity index (χ0) is 24.0. The van der Waals surface area contributed by atoms with Crippen LogP contribution < -0.4 is 5.73 Å². The van der Waals surface area contributed by atoms with Crippen LogP contribution in [0.3, 0.4) is 0 Å². The zero-order valence-electron chi connectivity index (χ0n) is 20.9. The van der Waals surface area contributed by atoms with Crippen molar-refractivity contribution in [2.24, 2.45) is 52.1 Å². The van der Waals surface area contributed by atoms with E-state index in [0.717, 1.165) is 31.6 Å². The van der Waals surface area contributed by atoms with Gasteiger partial charge < -0.3 is 20.7 Å². The second-order valence-corrected chi connectivity index (χ2v) is 12.5. The van der Waals surface area contributed by atoms with Gasteiger partial charge in [-0.1, -0.05) is 33.6 Å². The molecule has 4 rings (SSSR count). The molecule has 0 aromatic carbocycles. The van der Waals surface area contributed by atoms with Crippen LogP contribution in [0.1, 0.15) is 97.8 Å². The van der Waals surface area contributed by atoms with Crippen LogP contribution in [-0.2, 0) is 9.53 Å². The van der Waals surface area contributed by atoms with Crippen molar-refractivity contribution in [3.05, 3.63) is 0 Å². The van der Waals surface area contributed by atoms with Crippen molar-refractivity contribution in [1.82, 2.24) is 0 Å². The SMILES string of the molecule is CC(C)CCC(CO)(OC(N)=O)[C@]12CC[C@H]3[C@@H](CCC4CCCC[C@@]43C)[C@@H]1CCC2C(=O)O. The predicted octanol–water partition coefficient (Wildman–Crippen LogP) is 5.36. The second-order valence-electron chi connectivity index (χ2n) is 12.5. The number of hydrogen-bond donors (Lipinski definition) is 3. The third kappa shape index (κ3) is 3.79. The van der Waals surface area contributed by atoms with Crippen LogP contribution >= 0.6 is 0 Å². The Bertz CT molecular complexity index is 755. The van der Waals surface area contributed by atoms with Crippen molar-refractivity contribution in [3.8, 4) is 0 Å². The number of aliphatic carboxylic acids is 1. The van der Waals surface area contributed by atoms with E-state index in [1.807, 2.05) is 0 Å². The number of ether oxygens (including phenoxy) is 1. The van der Waals surface area contributed by atoms with Crippen LogP contribution in [0.4, 0.5) is 4.79 Å². The summed E-state index contributed by atoms with van der Waals surface area (Å²) in [6.07, 6.45) is 11.0. The number of carboxylic acids is 1. The lowest BCUT2D eigenvalue weighted by atomic mass is 9.42. The number of carbonyl (C=O) groups excluding carboxylic acids is 1. The highest BCUT2D eigenvalue weighted by molar-refractivity contribution is 5.73. The Hall–Kier alpha value is -1.30. The first-order valence-electron chi connectivity index (χ1n) is 13.4. The number of fused-ring (bicyclic) bond motifs is 5. The van der Waals surface area contributed by atoms with Gasteiger partial charge in [-0.05, 0) is 99.2 Å². The monoisotopic (exact) mass is 463 g/mol. The van der Waals surface area contributed by atoms with Crippen LogP contribution in [-0.4, -0.2) is 34.5 Å². The molecule has 33 heavy (non-hydrogen) atoms. The standard InChI is InChI=1S/C27H45NO5/c1-17(2)11-14-26(16-29,33-24(28)32)27-15-12-20-19(21(27)9-10-22(27)23(30)31)8-7-18-6-4-5-13-25(18,20)3/h17-22,29H,4-16H2,1-3H3,(H2,28,32)(H,30,31)/t18?,19-,20+,21+,22?,25+,26?,27-/m1/s1. The molecule has 0 radical (unpaired) electrons. The maximum Gasteiger partial charge on any atom is 0.405 e. The van der Waals surface area contributed by atoms with Gasteiger partial charge in [-0.25, -0.2) is 4.79 Å². The number of carboxylic acid groups (broad SMARTS) is 1. The van der Waals surface area contributed by atoms with E-state index in [4.69, 9.17) is 10.5 Å². The number of aliphatic hydroxyl groups excluding tert-OH is 1. The molecule has 8 atom stereocenters. The minimum Gasteiger partial charge on any atom is -0.481 e. The highest BCUT2D eigenvalue weighted by Crippen LogP contribution is 2.71. The Morgan fingerprint density at radius 1 is 1.06 bits per heavy atom. The van der Waals surface area contributed by atoms with Gasteiger partial charge >= 0.3 is 12.1 Å². The Morgan fingerprint density at radius 2 is 1.82 bits per heavy atom. The highest BCUT2D eigenvalue weighted by atomic mass is 16.6. The summed E-state index contributed by atoms with van der Waals surface area (Å²) in [5.41, 5.74) is 3.93. The van der Waals surface area contributed by atoms with E-state index in [2.05, 4.69) is 20.8 Å². The predicted molar refractivity (Wildman–Crippen MR) is 126 cm³/mol. The second kappa shape index (κ2) is 9.05. The number of rotatable bonds is 7. The lowest BCUT2D eigenvalue weighted by Gasteiger charge is -2.63. The summed E-state index contributed by atoms with van der Waals surface area (Å²) >= 11 is 0. The Labute approximate surface area is 199 Å². The molecule has 0 aliphatic heterocycles. The van der Waals surface area contributed by atoms with Gasteiger partial charge in [0.05, 0.1) is 12.5 Å². The third-order valence-corrected chi connectivity index (χ3v) is 10.9. The van der Waals surface area contributed by atoms with Gasteiger partial charge in [0.15, 0.2) is 0 Å². The Kier molecular flexibility index (Phi) is 6.81. The van der Waals surface area contributed by atoms with Crippen molar-refractivity contribution in [1.29, 1.82) is 0 Å². The minimum atomic E-state index is -1.23. The molecule has 0 saturated heterocycles. The summed E-state index contributed by atoms with van der Waals surface area (Å²) in [5.74, 6) is 0.877. The molecule has 6 nitrogen and oxygen atoms in total. The number of aliphatic hydroxyl groups is 1. The van der Waals surface area contributed by atoms with Crippen molar-refractivity contribution in [3.63, 3.8) is 0 Å². The van der Waals surface area contributed by atoms with Crippen LogP contribution in [0.25, 0.3) is 0 Å². The molecule has 4 N–H and O–H groups in total. The molecule has 0 heterocycles. The average Bonchev–Trinajstić information content (AvgIpc) is 3.17. The minimum absolute atomic E-state index is 0.149. The van der Waals surface area contributed by atoms with Crippen molar-refractivity contribution in [2.45, 2.75) is 103 Å². The molecule has 0 bridgehead atoms. The van der Waals surface area contributed by atoms with Gasteiger partial charge in [-0.2, -0.15) is 0 Å². The number of primary amides is 1. The molecule has 1 amide bonds. The zero-order valence-corrected chi connectivity index (χ0v) is 20.9. The number of carbonyl (C=O) groups is 2. The number of hydrogen-bond acceptors (Lipinski definition) is 4. The molecule has 0 spiro atoms. The Balaban J connectivity index is 1.79. The lowest BCUT2D eigenvalue weighted by molar-refractivity contribution is -0.214. The summed E-state index contributed by atoms with van der Waals surface area (Å²) in [6, 6.07) is 0. The summed E-state index contributed by atoms with van der Waals surface area (Å²) in [7, 11) is 0. The quantitative estimate of drug-likeness (QED) is 0.471. The topological polar surface area (TPSA) is 110 Å². The van der Waals surface area contributed by atoms with E-state index in [9.17, 15) is 19.8 Å². The molecule has 4 aliphatic rings. The Morgan fingerprint density at radius 3 is 2.45 bits per heavy atom. The molecule has 6 heteroatoms. The first kappa shape index (κ1) is 24.8. The van der Waals surface area contributed by atoms with Crippen LogP contribution in [0.2, 0.25) is 0 Å². The molecule has 4 aliphatic carbocycles. The molecule has 0 aromatic rings. The largest absolute Gasteiger partial charge is 0.481 e. The van der Waals surface area contributed by atoms with Gasteiger partial charge in [-0.15, -0.1) is 0 Å². The third-order valence-electron chi connectivity index (χ3n) is 10.9. The number of nitrogens with two attached hydrogens (primary N) is 1. The van der Waals surface area contributed by atoms with Crippen molar-refractivity contribution >= 4 is 12.1 Å². The summed E-state index contributed by atoms with van der Waals surface area (Å²) < 4.78 is 5.90. The fraction of sp³-hybridized carbons (Fsp3) is 0.926. The summed E-state index contributed by atoms with van der Waals surface area (Å²) in [6.45, 7) is 6.35. The van der Waals surface area contributed by atoms with E-state index in [1.54, 1.807) is 0 Å². The van der Waals surface area contributed by atoms with Crippen molar-refractivity contribution in [2.75, 3.05) is 6.61 Å². The van der Waals surface area contributed by atoms with Gasteiger partial charge in [0.25, 0.3) is 0 Å². The van der Waals surface area contributed by atoms with E-state index in [-0.39, 0.29) is 12.5 Å². The normalized spacial score (nSPS) is 42.0. The summed E-state index contributed by atoms with van der Waals surface area (Å²) in [4.78, 5) is 24.8. The van der Waals surface area contributed by atoms with E-state index < -0.39 is 29.0 Å². The molecule has 3 unspecified atom stereocenters. The smallest absolute Gasteiger partial charge is 0.405 e. The fourth-order valence-corrected chi connectivity index (χ4v) is 9.55. The maximum atomic E-state index is 12.6. The van der Waals surface area contributed by atoms with E-state index in [1.165, 1.54) is 32.1 Å². The van der Waals surface area contributed by atoms with E-state index >= 15 is 0 Å². The molecule has 188 valence electrons. The van der Waals surface area contributed by atoms with Gasteiger partial charge in [0.2, 0.25) is 0 Å². The first-order valence-corrected chi connectivity index (χ1v) is 13.4. The number of amides is 1. The highest BCUT2D eigenvalue weighted by Gasteiger charge is 2.70. The fourth-order valence-electron chi connectivity index (χ4n) is 9.55. The first-order chi connectivity index (χ1) is 15.6. The summed E-state index contributed by atoms with van der Waals surface area (Å²) in [5, 5.41) is 21.2. The van der Waals surface area contributed by atoms with Crippen molar-refractivity contribution < 1.29 is 24.5 Å². The molecule has 4 fully saturated rings. The van der Waals surface area contributed by atoms with Gasteiger partial charge in [0.1, 0.15) is 5.60 Å². The molecular formula is C27H45NO5. The van der Waals surface area contributed by atoms with Gasteiger partial charge in [0, 0.05) is 5.41 Å².